The SMILES string of the molecule is CCOC(=O)CC(c1cc(F)ccc1Br)C(C(=O)OCC)C(=O)OCC.O=C(O)CC(CC(=O)O)c1cc(F)ccc1Br. The van der Waals surface area contributed by atoms with Crippen LogP contribution in [0.15, 0.2) is 45.3 Å². The molecule has 0 saturated carbocycles. The number of carboxylic acid groups (broad SMARTS) is 2. The van der Waals surface area contributed by atoms with Crippen LogP contribution in [0.1, 0.15) is 63.0 Å². The molecule has 0 aliphatic heterocycles. The molecule has 0 radical (unpaired) electrons. The van der Waals surface area contributed by atoms with Crippen LogP contribution in [0.5, 0.6) is 0 Å². The first-order valence-electron chi connectivity index (χ1n) is 13.1. The molecule has 236 valence electrons. The Morgan fingerprint density at radius 3 is 1.53 bits per heavy atom. The number of benzene rings is 2. The summed E-state index contributed by atoms with van der Waals surface area (Å²) in [6.45, 7) is 5.06. The smallest absolute Gasteiger partial charge is 0.320 e. The highest BCUT2D eigenvalue weighted by atomic mass is 79.9. The van der Waals surface area contributed by atoms with Crippen molar-refractivity contribution in [3.05, 3.63) is 68.1 Å². The number of halogens is 4. The lowest BCUT2D eigenvalue weighted by molar-refractivity contribution is -0.163. The molecule has 0 amide bonds. The fourth-order valence-corrected chi connectivity index (χ4v) is 5.15. The average molecular weight is 738 g/mol. The first kappa shape index (κ1) is 37.6. The molecule has 1 atom stereocenters. The molecular weight excluding hydrogens is 706 g/mol. The highest BCUT2D eigenvalue weighted by molar-refractivity contribution is 9.10. The molecule has 0 aliphatic rings. The monoisotopic (exact) mass is 736 g/mol. The lowest BCUT2D eigenvalue weighted by Crippen LogP contribution is -2.35. The minimum Gasteiger partial charge on any atom is -0.481 e. The lowest BCUT2D eigenvalue weighted by Gasteiger charge is -2.25. The molecule has 14 heteroatoms. The van der Waals surface area contributed by atoms with E-state index in [1.165, 1.54) is 30.3 Å². The van der Waals surface area contributed by atoms with Gasteiger partial charge in [-0.15, -0.1) is 0 Å². The summed E-state index contributed by atoms with van der Waals surface area (Å²) in [6, 6.07) is 7.63. The third-order valence-corrected chi connectivity index (χ3v) is 7.22. The van der Waals surface area contributed by atoms with Crippen LogP contribution in [-0.4, -0.2) is 59.9 Å². The zero-order chi connectivity index (χ0) is 32.7. The number of carboxylic acids is 2. The van der Waals surface area contributed by atoms with E-state index in [1.54, 1.807) is 20.8 Å². The summed E-state index contributed by atoms with van der Waals surface area (Å²) in [5.74, 6) is -8.79. The Balaban J connectivity index is 0.000000469. The molecule has 2 rings (SSSR count). The van der Waals surface area contributed by atoms with Crippen LogP contribution in [0.2, 0.25) is 0 Å². The van der Waals surface area contributed by atoms with Gasteiger partial charge in [-0.25, -0.2) is 8.78 Å². The maximum absolute atomic E-state index is 13.8. The van der Waals surface area contributed by atoms with E-state index in [-0.39, 0.29) is 44.6 Å². The van der Waals surface area contributed by atoms with Crippen molar-refractivity contribution in [2.24, 2.45) is 5.92 Å². The van der Waals surface area contributed by atoms with Gasteiger partial charge < -0.3 is 24.4 Å². The number of aliphatic carboxylic acids is 2. The molecule has 1 unspecified atom stereocenters. The molecule has 0 spiro atoms. The second kappa shape index (κ2) is 19.0. The predicted octanol–water partition coefficient (Wildman–Crippen LogP) is 5.99. The molecule has 43 heavy (non-hydrogen) atoms. The summed E-state index contributed by atoms with van der Waals surface area (Å²) in [5, 5.41) is 17.4. The van der Waals surface area contributed by atoms with Gasteiger partial charge in [0.15, 0.2) is 5.92 Å². The van der Waals surface area contributed by atoms with Gasteiger partial charge in [0.05, 0.1) is 39.1 Å². The van der Waals surface area contributed by atoms with Crippen LogP contribution in [0.3, 0.4) is 0 Å². The van der Waals surface area contributed by atoms with Gasteiger partial charge in [0.25, 0.3) is 0 Å². The van der Waals surface area contributed by atoms with Crippen LogP contribution in [0.4, 0.5) is 8.78 Å². The largest absolute Gasteiger partial charge is 0.481 e. The first-order valence-corrected chi connectivity index (χ1v) is 14.7. The van der Waals surface area contributed by atoms with E-state index in [0.717, 1.165) is 6.07 Å². The van der Waals surface area contributed by atoms with Crippen molar-refractivity contribution in [1.82, 2.24) is 0 Å². The summed E-state index contributed by atoms with van der Waals surface area (Å²) in [4.78, 5) is 58.2. The van der Waals surface area contributed by atoms with Crippen LogP contribution >= 0.6 is 31.9 Å². The molecular formula is C29H32Br2F2O10. The summed E-state index contributed by atoms with van der Waals surface area (Å²) >= 11 is 6.44. The van der Waals surface area contributed by atoms with Crippen molar-refractivity contribution in [3.63, 3.8) is 0 Å². The topological polar surface area (TPSA) is 154 Å². The van der Waals surface area contributed by atoms with E-state index in [4.69, 9.17) is 24.4 Å². The molecule has 0 fully saturated rings. The van der Waals surface area contributed by atoms with Gasteiger partial charge in [-0.2, -0.15) is 0 Å². The Bertz CT molecular complexity index is 1250. The van der Waals surface area contributed by atoms with E-state index in [2.05, 4.69) is 31.9 Å². The maximum atomic E-state index is 13.8. The van der Waals surface area contributed by atoms with Crippen molar-refractivity contribution in [1.29, 1.82) is 0 Å². The molecule has 0 saturated heterocycles. The number of esters is 3. The van der Waals surface area contributed by atoms with E-state index in [0.29, 0.717) is 14.5 Å². The number of hydrogen-bond acceptors (Lipinski definition) is 8. The van der Waals surface area contributed by atoms with E-state index in [1.807, 2.05) is 0 Å². The molecule has 2 aromatic carbocycles. The van der Waals surface area contributed by atoms with Crippen LogP contribution in [0.25, 0.3) is 0 Å². The Labute approximate surface area is 264 Å². The van der Waals surface area contributed by atoms with Crippen LogP contribution in [-0.2, 0) is 38.2 Å². The Kier molecular flexibility index (Phi) is 16.6. The fraction of sp³-hybridized carbons (Fsp3) is 0.414. The number of hydrogen-bond donors (Lipinski definition) is 2. The van der Waals surface area contributed by atoms with Crippen LogP contribution < -0.4 is 0 Å². The lowest BCUT2D eigenvalue weighted by atomic mass is 9.83. The van der Waals surface area contributed by atoms with Gasteiger partial charge in [0.2, 0.25) is 0 Å². The Morgan fingerprint density at radius 2 is 1.12 bits per heavy atom. The third kappa shape index (κ3) is 12.8. The van der Waals surface area contributed by atoms with Gasteiger partial charge in [-0.1, -0.05) is 31.9 Å². The number of ether oxygens (including phenoxy) is 3. The minimum absolute atomic E-state index is 0.0468. The number of carbonyl (C=O) groups excluding carboxylic acids is 3. The molecule has 2 N–H and O–H groups in total. The van der Waals surface area contributed by atoms with E-state index >= 15 is 0 Å². The van der Waals surface area contributed by atoms with E-state index in [9.17, 15) is 32.8 Å². The van der Waals surface area contributed by atoms with E-state index < -0.39 is 59.2 Å². The third-order valence-electron chi connectivity index (χ3n) is 5.77. The predicted molar refractivity (Wildman–Crippen MR) is 156 cm³/mol. The van der Waals surface area contributed by atoms with Gasteiger partial charge in [0, 0.05) is 20.8 Å². The molecule has 0 aliphatic carbocycles. The van der Waals surface area contributed by atoms with Crippen LogP contribution in [0, 0.1) is 17.6 Å². The Morgan fingerprint density at radius 1 is 0.698 bits per heavy atom. The zero-order valence-corrected chi connectivity index (χ0v) is 26.8. The minimum atomic E-state index is -1.42. The second-order valence-electron chi connectivity index (χ2n) is 8.82. The summed E-state index contributed by atoms with van der Waals surface area (Å²) in [7, 11) is 0. The summed E-state index contributed by atoms with van der Waals surface area (Å²) < 4.78 is 42.7. The molecule has 10 nitrogen and oxygen atoms in total. The van der Waals surface area contributed by atoms with Crippen molar-refractivity contribution in [3.8, 4) is 0 Å². The van der Waals surface area contributed by atoms with Gasteiger partial charge in [0.1, 0.15) is 11.6 Å². The number of carbonyl (C=O) groups is 5. The first-order chi connectivity index (χ1) is 20.2. The quantitative estimate of drug-likeness (QED) is 0.134. The standard InChI is InChI=1S/C18H22BrFO6.C11H10BrFO4/c1-4-24-15(21)10-13(12-9-11(20)7-8-14(12)19)16(17(22)25-5-2)18(23)26-6-3;12-9-2-1-7(13)5-8(9)6(3-10(14)15)4-11(16)17/h7-9,13,16H,4-6,10H2,1-3H3;1-2,5-6H,3-4H2,(H,14,15)(H,16,17). The summed E-state index contributed by atoms with van der Waals surface area (Å²) in [5.41, 5.74) is 0.638. The van der Waals surface area contributed by atoms with Gasteiger partial charge >= 0.3 is 29.8 Å². The second-order valence-corrected chi connectivity index (χ2v) is 10.5. The zero-order valence-electron chi connectivity index (χ0n) is 23.6. The highest BCUT2D eigenvalue weighted by Gasteiger charge is 2.41. The molecule has 0 heterocycles. The Hall–Kier alpha value is -3.39. The molecule has 2 aromatic rings. The molecule has 0 bridgehead atoms. The summed E-state index contributed by atoms with van der Waals surface area (Å²) in [6.07, 6.45) is -1.01. The fourth-order valence-electron chi connectivity index (χ4n) is 4.04. The van der Waals surface area contributed by atoms with Gasteiger partial charge in [-0.3, -0.25) is 24.0 Å². The highest BCUT2D eigenvalue weighted by Crippen LogP contribution is 2.36. The van der Waals surface area contributed by atoms with Crippen molar-refractivity contribution < 1.29 is 57.2 Å². The van der Waals surface area contributed by atoms with Gasteiger partial charge in [-0.05, 0) is 68.3 Å². The van der Waals surface area contributed by atoms with Crippen molar-refractivity contribution in [2.45, 2.75) is 51.9 Å². The number of rotatable bonds is 14. The molecule has 0 aromatic heterocycles. The average Bonchev–Trinajstić information content (AvgIpc) is 2.91. The maximum Gasteiger partial charge on any atom is 0.320 e. The van der Waals surface area contributed by atoms with Crippen molar-refractivity contribution >= 4 is 61.7 Å². The van der Waals surface area contributed by atoms with Crippen molar-refractivity contribution in [2.75, 3.05) is 19.8 Å². The normalized spacial score (nSPS) is 11.3.